The highest BCUT2D eigenvalue weighted by molar-refractivity contribution is 4.65. The van der Waals surface area contributed by atoms with Crippen LogP contribution in [0.2, 0.25) is 0 Å². The molecule has 0 rings (SSSR count). The van der Waals surface area contributed by atoms with Crippen molar-refractivity contribution >= 4 is 0 Å². The maximum absolute atomic E-state index is 9.56. The van der Waals surface area contributed by atoms with E-state index in [0.717, 1.165) is 5.23 Å². The summed E-state index contributed by atoms with van der Waals surface area (Å²) in [6, 6.07) is 0. The lowest BCUT2D eigenvalue weighted by Crippen LogP contribution is -2.36. The second-order valence-corrected chi connectivity index (χ2v) is 3.11. The molecule has 17 heavy (non-hydrogen) atoms. The number of aliphatic hydroxyl groups is 3. The van der Waals surface area contributed by atoms with Crippen LogP contribution in [0.15, 0.2) is 12.7 Å². The average Bonchev–Trinajstić information content (AvgIpc) is 2.33. The van der Waals surface area contributed by atoms with Gasteiger partial charge in [-0.1, -0.05) is 11.3 Å². The van der Waals surface area contributed by atoms with Gasteiger partial charge in [0.15, 0.2) is 0 Å². The summed E-state index contributed by atoms with van der Waals surface area (Å²) in [5.41, 5.74) is 0. The van der Waals surface area contributed by atoms with Crippen LogP contribution in [0.1, 0.15) is 0 Å². The van der Waals surface area contributed by atoms with E-state index in [1.807, 2.05) is 0 Å². The van der Waals surface area contributed by atoms with Crippen molar-refractivity contribution in [3.63, 3.8) is 0 Å². The summed E-state index contributed by atoms with van der Waals surface area (Å²) in [6.07, 6.45) is 0.780. The summed E-state index contributed by atoms with van der Waals surface area (Å²) in [5.74, 6) is 0. The first-order valence-corrected chi connectivity index (χ1v) is 5.36. The lowest BCUT2D eigenvalue weighted by atomic mass is 10.4. The zero-order valence-corrected chi connectivity index (χ0v) is 9.83. The molecule has 1 unspecified atom stereocenters. The van der Waals surface area contributed by atoms with E-state index < -0.39 is 6.10 Å². The van der Waals surface area contributed by atoms with E-state index in [1.165, 1.54) is 0 Å². The van der Waals surface area contributed by atoms with Gasteiger partial charge in [-0.15, -0.1) is 6.58 Å². The molecule has 0 aromatic rings. The van der Waals surface area contributed by atoms with Crippen LogP contribution in [-0.2, 0) is 14.4 Å². The Bertz CT molecular complexity index is 172. The number of hydroxylamine groups is 2. The summed E-state index contributed by atoms with van der Waals surface area (Å²) in [4.78, 5) is 9.97. The van der Waals surface area contributed by atoms with E-state index in [2.05, 4.69) is 6.58 Å². The fourth-order valence-corrected chi connectivity index (χ4v) is 0.940. The van der Waals surface area contributed by atoms with E-state index in [0.29, 0.717) is 6.61 Å². The van der Waals surface area contributed by atoms with Gasteiger partial charge in [-0.3, -0.25) is 9.68 Å². The normalized spacial score (nSPS) is 12.9. The molecule has 0 aliphatic heterocycles. The second-order valence-electron chi connectivity index (χ2n) is 3.11. The molecule has 7 heteroatoms. The van der Waals surface area contributed by atoms with E-state index in [-0.39, 0.29) is 39.6 Å². The van der Waals surface area contributed by atoms with Crippen LogP contribution in [0.3, 0.4) is 0 Å². The van der Waals surface area contributed by atoms with Crippen molar-refractivity contribution in [3.8, 4) is 0 Å². The number of rotatable bonds is 12. The first-order valence-electron chi connectivity index (χ1n) is 5.36. The van der Waals surface area contributed by atoms with Crippen LogP contribution >= 0.6 is 0 Å². The van der Waals surface area contributed by atoms with Crippen molar-refractivity contribution in [2.45, 2.75) is 6.10 Å². The molecule has 0 fully saturated rings. The molecule has 0 saturated heterocycles. The highest BCUT2D eigenvalue weighted by Gasteiger charge is 2.13. The predicted octanol–water partition coefficient (Wildman–Crippen LogP) is -1.30. The van der Waals surface area contributed by atoms with Crippen molar-refractivity contribution in [1.82, 2.24) is 5.23 Å². The van der Waals surface area contributed by atoms with E-state index in [1.54, 1.807) is 6.08 Å². The van der Waals surface area contributed by atoms with Crippen molar-refractivity contribution in [1.29, 1.82) is 0 Å². The summed E-state index contributed by atoms with van der Waals surface area (Å²) in [5, 5.41) is 27.8. The molecule has 7 nitrogen and oxygen atoms in total. The molecule has 0 aliphatic carbocycles. The van der Waals surface area contributed by atoms with Gasteiger partial charge in [0.05, 0.1) is 52.3 Å². The van der Waals surface area contributed by atoms with Crippen LogP contribution in [0.25, 0.3) is 0 Å². The third kappa shape index (κ3) is 10.3. The molecule has 0 amide bonds. The monoisotopic (exact) mass is 251 g/mol. The third-order valence-corrected chi connectivity index (χ3v) is 1.56. The lowest BCUT2D eigenvalue weighted by molar-refractivity contribution is -0.377. The van der Waals surface area contributed by atoms with Crippen molar-refractivity contribution in [3.05, 3.63) is 12.7 Å². The van der Waals surface area contributed by atoms with Gasteiger partial charge in [0, 0.05) is 0 Å². The number of ether oxygens (including phenoxy) is 1. The Kier molecular flexibility index (Phi) is 11.6. The maximum Gasteiger partial charge on any atom is 0.0948 e. The first kappa shape index (κ1) is 16.5. The number of nitrogens with zero attached hydrogens (tertiary/aromatic N) is 1. The van der Waals surface area contributed by atoms with E-state index in [9.17, 15) is 5.11 Å². The molecule has 0 aliphatic rings. The molecule has 3 N–H and O–H groups in total. The van der Waals surface area contributed by atoms with Gasteiger partial charge in [-0.2, -0.15) is 0 Å². The fourth-order valence-electron chi connectivity index (χ4n) is 0.940. The van der Waals surface area contributed by atoms with Crippen LogP contribution in [0.5, 0.6) is 0 Å². The van der Waals surface area contributed by atoms with Gasteiger partial charge in [0.1, 0.15) is 0 Å². The largest absolute Gasteiger partial charge is 0.394 e. The Morgan fingerprint density at radius 1 is 1.18 bits per heavy atom. The minimum atomic E-state index is -0.799. The third-order valence-electron chi connectivity index (χ3n) is 1.56. The number of hydrogen-bond acceptors (Lipinski definition) is 7. The van der Waals surface area contributed by atoms with Gasteiger partial charge < -0.3 is 20.1 Å². The van der Waals surface area contributed by atoms with Gasteiger partial charge in [-0.05, 0) is 0 Å². The molecule has 0 aromatic carbocycles. The van der Waals surface area contributed by atoms with Crippen LogP contribution in [0, 0.1) is 0 Å². The van der Waals surface area contributed by atoms with Gasteiger partial charge >= 0.3 is 0 Å². The lowest BCUT2D eigenvalue weighted by Gasteiger charge is -2.22. The SMILES string of the molecule is C=CCOCC(O)CN(OCCO)OCCO. The smallest absolute Gasteiger partial charge is 0.0948 e. The van der Waals surface area contributed by atoms with E-state index in [4.69, 9.17) is 24.6 Å². The molecule has 0 spiro atoms. The molecular weight excluding hydrogens is 230 g/mol. The average molecular weight is 251 g/mol. The zero-order valence-electron chi connectivity index (χ0n) is 9.83. The Morgan fingerprint density at radius 3 is 2.24 bits per heavy atom. The highest BCUT2D eigenvalue weighted by Crippen LogP contribution is 1.97. The molecule has 0 saturated carbocycles. The fraction of sp³-hybridized carbons (Fsp3) is 0.800. The standard InChI is InChI=1S/C10H21NO6/c1-2-5-15-9-10(14)8-11(16-6-3-12)17-7-4-13/h2,10,12-14H,1,3-9H2. The Labute approximate surface area is 101 Å². The topological polar surface area (TPSA) is 91.6 Å². The Morgan fingerprint density at radius 2 is 1.76 bits per heavy atom. The predicted molar refractivity (Wildman–Crippen MR) is 59.8 cm³/mol. The summed E-state index contributed by atoms with van der Waals surface area (Å²) >= 11 is 0. The molecule has 0 radical (unpaired) electrons. The summed E-state index contributed by atoms with van der Waals surface area (Å²) in [6.45, 7) is 3.77. The van der Waals surface area contributed by atoms with Crippen LogP contribution < -0.4 is 0 Å². The van der Waals surface area contributed by atoms with Crippen molar-refractivity contribution < 1.29 is 29.7 Å². The Hall–Kier alpha value is -0.540. The minimum absolute atomic E-state index is 0.0473. The highest BCUT2D eigenvalue weighted by atomic mass is 16.9. The van der Waals surface area contributed by atoms with Crippen LogP contribution in [0.4, 0.5) is 0 Å². The molecule has 1 atom stereocenters. The van der Waals surface area contributed by atoms with Crippen molar-refractivity contribution in [2.24, 2.45) is 0 Å². The second kappa shape index (κ2) is 11.9. The molecule has 0 bridgehead atoms. The molecule has 0 aromatic heterocycles. The number of aliphatic hydroxyl groups excluding tert-OH is 3. The van der Waals surface area contributed by atoms with Gasteiger partial charge in [0.25, 0.3) is 0 Å². The first-order chi connectivity index (χ1) is 8.24. The van der Waals surface area contributed by atoms with Crippen LogP contribution in [-0.4, -0.2) is 72.8 Å². The summed E-state index contributed by atoms with van der Waals surface area (Å²) in [7, 11) is 0. The quantitative estimate of drug-likeness (QED) is 0.225. The minimum Gasteiger partial charge on any atom is -0.394 e. The van der Waals surface area contributed by atoms with E-state index >= 15 is 0 Å². The summed E-state index contributed by atoms with van der Waals surface area (Å²) < 4.78 is 5.05. The Balaban J connectivity index is 3.80. The molecular formula is C10H21NO6. The maximum atomic E-state index is 9.56. The molecule has 102 valence electrons. The number of hydrogen-bond donors (Lipinski definition) is 3. The zero-order chi connectivity index (χ0) is 12.9. The van der Waals surface area contributed by atoms with Gasteiger partial charge in [-0.25, -0.2) is 0 Å². The van der Waals surface area contributed by atoms with Gasteiger partial charge in [0.2, 0.25) is 0 Å². The van der Waals surface area contributed by atoms with Crippen molar-refractivity contribution in [2.75, 3.05) is 46.2 Å². The molecule has 0 heterocycles.